The van der Waals surface area contributed by atoms with Crippen molar-refractivity contribution in [3.63, 3.8) is 0 Å². The molecule has 1 fully saturated rings. The van der Waals surface area contributed by atoms with Crippen LogP contribution in [-0.4, -0.2) is 37.5 Å². The molecule has 0 aliphatic carbocycles. The van der Waals surface area contributed by atoms with Gasteiger partial charge in [-0.25, -0.2) is 0 Å². The largest absolute Gasteiger partial charge is 0.495 e. The van der Waals surface area contributed by atoms with E-state index in [2.05, 4.69) is 5.32 Å². The molecular weight excluding hydrogens is 396 g/mol. The molecule has 3 rings (SSSR count). The molecule has 2 atom stereocenters. The van der Waals surface area contributed by atoms with Crippen LogP contribution in [0, 0.1) is 26.7 Å². The molecule has 1 saturated heterocycles. The third-order valence-electron chi connectivity index (χ3n) is 5.39. The number of anilines is 2. The van der Waals surface area contributed by atoms with Gasteiger partial charge in [-0.2, -0.15) is 0 Å². The molecule has 1 N–H and O–H groups in total. The van der Waals surface area contributed by atoms with Gasteiger partial charge in [0.25, 0.3) is 5.91 Å². The zero-order valence-electron chi connectivity index (χ0n) is 18.5. The van der Waals surface area contributed by atoms with E-state index in [1.54, 1.807) is 6.07 Å². The van der Waals surface area contributed by atoms with Crippen LogP contribution < -0.4 is 15.0 Å². The standard InChI is InChI=1S/C24H28N2O5/c1-14-6-8-19(16(3)10-14)25-23(28)17(4)31-24(29)18-12-22(27)26(13-18)20-11-15(2)7-9-21(20)30-5/h6-11,17-18H,12-13H2,1-5H3,(H,25,28)/t17-,18-/m1/s1. The predicted octanol–water partition coefficient (Wildman–Crippen LogP) is 3.54. The van der Waals surface area contributed by atoms with Gasteiger partial charge in [0.15, 0.2) is 6.10 Å². The average Bonchev–Trinajstić information content (AvgIpc) is 3.11. The Hall–Kier alpha value is -3.35. The Morgan fingerprint density at radius 1 is 1.10 bits per heavy atom. The van der Waals surface area contributed by atoms with Crippen LogP contribution in [0.4, 0.5) is 11.4 Å². The molecule has 1 aliphatic heterocycles. The van der Waals surface area contributed by atoms with Crippen LogP contribution in [0.1, 0.15) is 30.0 Å². The second-order valence-corrected chi connectivity index (χ2v) is 7.97. The first-order valence-corrected chi connectivity index (χ1v) is 10.2. The zero-order chi connectivity index (χ0) is 22.7. The maximum atomic E-state index is 12.7. The van der Waals surface area contributed by atoms with Crippen LogP contribution >= 0.6 is 0 Å². The normalized spacial score (nSPS) is 16.7. The molecule has 7 nitrogen and oxygen atoms in total. The molecule has 31 heavy (non-hydrogen) atoms. The molecule has 0 radical (unpaired) electrons. The average molecular weight is 424 g/mol. The summed E-state index contributed by atoms with van der Waals surface area (Å²) in [6.07, 6.45) is -0.952. The number of aryl methyl sites for hydroxylation is 3. The summed E-state index contributed by atoms with van der Waals surface area (Å²) in [5.74, 6) is -1.24. The highest BCUT2D eigenvalue weighted by Gasteiger charge is 2.38. The lowest BCUT2D eigenvalue weighted by molar-refractivity contribution is -0.157. The maximum Gasteiger partial charge on any atom is 0.312 e. The Morgan fingerprint density at radius 3 is 2.45 bits per heavy atom. The third-order valence-corrected chi connectivity index (χ3v) is 5.39. The lowest BCUT2D eigenvalue weighted by atomic mass is 10.1. The van der Waals surface area contributed by atoms with Crippen molar-refractivity contribution in [1.82, 2.24) is 0 Å². The minimum absolute atomic E-state index is 0.0291. The number of carbonyl (C=O) groups excluding carboxylic acids is 3. The highest BCUT2D eigenvalue weighted by molar-refractivity contribution is 6.01. The molecule has 164 valence electrons. The van der Waals surface area contributed by atoms with Crippen LogP contribution in [0.25, 0.3) is 0 Å². The predicted molar refractivity (Wildman–Crippen MR) is 118 cm³/mol. The summed E-state index contributed by atoms with van der Waals surface area (Å²) in [7, 11) is 1.54. The topological polar surface area (TPSA) is 84.9 Å². The lowest BCUT2D eigenvalue weighted by Gasteiger charge is -2.20. The number of hydrogen-bond donors (Lipinski definition) is 1. The Morgan fingerprint density at radius 2 is 1.77 bits per heavy atom. The molecule has 7 heteroatoms. The van der Waals surface area contributed by atoms with Gasteiger partial charge < -0.3 is 19.7 Å². The zero-order valence-corrected chi connectivity index (χ0v) is 18.5. The van der Waals surface area contributed by atoms with Crippen LogP contribution in [0.2, 0.25) is 0 Å². The van der Waals surface area contributed by atoms with Crippen molar-refractivity contribution >= 4 is 29.2 Å². The van der Waals surface area contributed by atoms with Crippen LogP contribution in [0.3, 0.4) is 0 Å². The summed E-state index contributed by atoms with van der Waals surface area (Å²) in [6, 6.07) is 11.2. The summed E-state index contributed by atoms with van der Waals surface area (Å²) in [5.41, 5.74) is 4.30. The van der Waals surface area contributed by atoms with Crippen molar-refractivity contribution in [1.29, 1.82) is 0 Å². The fourth-order valence-corrected chi connectivity index (χ4v) is 3.62. The van der Waals surface area contributed by atoms with E-state index in [1.165, 1.54) is 18.9 Å². The van der Waals surface area contributed by atoms with Gasteiger partial charge in [-0.15, -0.1) is 0 Å². The quantitative estimate of drug-likeness (QED) is 0.717. The molecule has 1 aliphatic rings. The van der Waals surface area contributed by atoms with Crippen LogP contribution in [0.5, 0.6) is 5.75 Å². The number of rotatable bonds is 6. The summed E-state index contributed by atoms with van der Waals surface area (Å²) in [4.78, 5) is 39.3. The fourth-order valence-electron chi connectivity index (χ4n) is 3.62. The fraction of sp³-hybridized carbons (Fsp3) is 0.375. The summed E-state index contributed by atoms with van der Waals surface area (Å²) in [6.45, 7) is 7.50. The Labute approximate surface area is 182 Å². The minimum atomic E-state index is -0.981. The second kappa shape index (κ2) is 9.20. The van der Waals surface area contributed by atoms with E-state index < -0.39 is 23.9 Å². The van der Waals surface area contributed by atoms with Gasteiger partial charge in [-0.05, 0) is 57.0 Å². The van der Waals surface area contributed by atoms with Crippen molar-refractivity contribution in [3.8, 4) is 5.75 Å². The molecule has 1 heterocycles. The number of esters is 1. The van der Waals surface area contributed by atoms with Gasteiger partial charge in [0.2, 0.25) is 5.91 Å². The molecule has 0 saturated carbocycles. The summed E-state index contributed by atoms with van der Waals surface area (Å²) < 4.78 is 10.7. The number of amides is 2. The van der Waals surface area contributed by atoms with Gasteiger partial charge >= 0.3 is 5.97 Å². The van der Waals surface area contributed by atoms with E-state index >= 15 is 0 Å². The molecule has 2 aromatic carbocycles. The Balaban J connectivity index is 1.64. The molecule has 0 spiro atoms. The first kappa shape index (κ1) is 22.3. The van der Waals surface area contributed by atoms with E-state index in [1.807, 2.05) is 51.1 Å². The van der Waals surface area contributed by atoms with E-state index in [-0.39, 0.29) is 18.9 Å². The van der Waals surface area contributed by atoms with Crippen molar-refractivity contribution in [2.24, 2.45) is 5.92 Å². The van der Waals surface area contributed by atoms with Crippen LogP contribution in [0.15, 0.2) is 36.4 Å². The van der Waals surface area contributed by atoms with Crippen molar-refractivity contribution in [2.45, 2.75) is 40.2 Å². The number of ether oxygens (including phenoxy) is 2. The molecule has 2 amide bonds. The second-order valence-electron chi connectivity index (χ2n) is 7.97. The van der Waals surface area contributed by atoms with E-state index in [9.17, 15) is 14.4 Å². The number of nitrogens with one attached hydrogen (secondary N) is 1. The van der Waals surface area contributed by atoms with E-state index in [4.69, 9.17) is 9.47 Å². The summed E-state index contributed by atoms with van der Waals surface area (Å²) in [5, 5.41) is 2.79. The molecule has 0 unspecified atom stereocenters. The molecule has 0 aromatic heterocycles. The van der Waals surface area contributed by atoms with E-state index in [0.29, 0.717) is 17.1 Å². The van der Waals surface area contributed by atoms with E-state index in [0.717, 1.165) is 16.7 Å². The molecular formula is C24H28N2O5. The Bertz CT molecular complexity index is 1020. The first-order chi connectivity index (χ1) is 14.7. The van der Waals surface area contributed by atoms with Gasteiger partial charge in [0, 0.05) is 18.7 Å². The van der Waals surface area contributed by atoms with Gasteiger partial charge in [0.05, 0.1) is 18.7 Å². The first-order valence-electron chi connectivity index (χ1n) is 10.2. The lowest BCUT2D eigenvalue weighted by Crippen LogP contribution is -2.33. The van der Waals surface area contributed by atoms with Crippen LogP contribution in [-0.2, 0) is 19.1 Å². The minimum Gasteiger partial charge on any atom is -0.495 e. The Kier molecular flexibility index (Phi) is 6.63. The maximum absolute atomic E-state index is 12.7. The number of carbonyl (C=O) groups is 3. The number of hydrogen-bond acceptors (Lipinski definition) is 5. The monoisotopic (exact) mass is 424 g/mol. The number of nitrogens with zero attached hydrogens (tertiary/aromatic N) is 1. The van der Waals surface area contributed by atoms with Gasteiger partial charge in [0.1, 0.15) is 5.75 Å². The molecule has 0 bridgehead atoms. The smallest absolute Gasteiger partial charge is 0.312 e. The summed E-state index contributed by atoms with van der Waals surface area (Å²) >= 11 is 0. The number of methoxy groups -OCH3 is 1. The SMILES string of the molecule is COc1ccc(C)cc1N1C[C@H](C(=O)O[C@H](C)C(=O)Nc2ccc(C)cc2C)CC1=O. The molecule has 2 aromatic rings. The van der Waals surface area contributed by atoms with Gasteiger partial charge in [-0.1, -0.05) is 23.8 Å². The third kappa shape index (κ3) is 5.05. The van der Waals surface area contributed by atoms with Crippen molar-refractivity contribution in [2.75, 3.05) is 23.9 Å². The highest BCUT2D eigenvalue weighted by atomic mass is 16.5. The van der Waals surface area contributed by atoms with Gasteiger partial charge in [-0.3, -0.25) is 14.4 Å². The highest BCUT2D eigenvalue weighted by Crippen LogP contribution is 2.34. The number of benzene rings is 2. The van der Waals surface area contributed by atoms with Crippen molar-refractivity contribution in [3.05, 3.63) is 53.1 Å². The van der Waals surface area contributed by atoms with Crippen molar-refractivity contribution < 1.29 is 23.9 Å².